The van der Waals surface area contributed by atoms with E-state index in [2.05, 4.69) is 39.8 Å². The standard InChI is InChI=1S/C13H21N/c1-5-11(4)14-13-8-7-10(3)9-12(13)6-2/h6,9,11H,5,7-8H2,1-4H3/b12-6-,14-13-. The highest BCUT2D eigenvalue weighted by atomic mass is 14.8. The Balaban J connectivity index is 2.86. The molecule has 1 heteroatoms. The summed E-state index contributed by atoms with van der Waals surface area (Å²) in [6, 6.07) is 0.465. The first-order valence-electron chi connectivity index (χ1n) is 5.57. The average Bonchev–Trinajstić information content (AvgIpc) is 2.20. The predicted octanol–water partition coefficient (Wildman–Crippen LogP) is 3.91. The normalized spacial score (nSPS) is 25.3. The van der Waals surface area contributed by atoms with Gasteiger partial charge >= 0.3 is 0 Å². The van der Waals surface area contributed by atoms with Gasteiger partial charge in [0.2, 0.25) is 0 Å². The van der Waals surface area contributed by atoms with E-state index in [4.69, 9.17) is 4.99 Å². The van der Waals surface area contributed by atoms with Crippen molar-refractivity contribution in [2.45, 2.75) is 53.0 Å². The lowest BCUT2D eigenvalue weighted by molar-refractivity contribution is 0.712. The topological polar surface area (TPSA) is 12.4 Å². The number of rotatable bonds is 2. The van der Waals surface area contributed by atoms with Gasteiger partial charge in [-0.15, -0.1) is 0 Å². The summed E-state index contributed by atoms with van der Waals surface area (Å²) in [5, 5.41) is 0. The van der Waals surface area contributed by atoms with Crippen molar-refractivity contribution in [2.24, 2.45) is 4.99 Å². The molecule has 0 aliphatic heterocycles. The van der Waals surface area contributed by atoms with Crippen molar-refractivity contribution in [3.05, 3.63) is 23.3 Å². The molecule has 0 radical (unpaired) electrons. The number of hydrogen-bond acceptors (Lipinski definition) is 1. The largest absolute Gasteiger partial charge is 0.286 e. The summed E-state index contributed by atoms with van der Waals surface area (Å²) in [6.07, 6.45) is 7.86. The van der Waals surface area contributed by atoms with Crippen molar-refractivity contribution in [3.63, 3.8) is 0 Å². The fraction of sp³-hybridized carbons (Fsp3) is 0.615. The number of aliphatic imine (C=N–C) groups is 1. The second-order valence-electron chi connectivity index (χ2n) is 4.07. The van der Waals surface area contributed by atoms with Crippen LogP contribution in [0.5, 0.6) is 0 Å². The van der Waals surface area contributed by atoms with Gasteiger partial charge < -0.3 is 0 Å². The fourth-order valence-corrected chi connectivity index (χ4v) is 1.63. The summed E-state index contributed by atoms with van der Waals surface area (Å²) in [7, 11) is 0. The smallest absolute Gasteiger partial charge is 0.0472 e. The molecule has 0 saturated heterocycles. The molecule has 1 rings (SSSR count). The van der Waals surface area contributed by atoms with Gasteiger partial charge in [0.15, 0.2) is 0 Å². The van der Waals surface area contributed by atoms with Crippen LogP contribution in [0.15, 0.2) is 28.3 Å². The third-order valence-electron chi connectivity index (χ3n) is 2.77. The molecule has 0 aromatic carbocycles. The SMILES string of the molecule is C/C=C1/C=C(C)CC/C1=N/C(C)CC. The second kappa shape index (κ2) is 5.14. The van der Waals surface area contributed by atoms with E-state index in [9.17, 15) is 0 Å². The lowest BCUT2D eigenvalue weighted by Crippen LogP contribution is -2.11. The van der Waals surface area contributed by atoms with Gasteiger partial charge in [-0.3, -0.25) is 4.99 Å². The molecule has 1 atom stereocenters. The molecule has 1 nitrogen and oxygen atoms in total. The molecule has 0 amide bonds. The molecule has 14 heavy (non-hydrogen) atoms. The minimum atomic E-state index is 0.465. The lowest BCUT2D eigenvalue weighted by atomic mass is 9.94. The van der Waals surface area contributed by atoms with Crippen LogP contribution in [-0.2, 0) is 0 Å². The molecule has 0 aromatic heterocycles. The molecule has 0 bridgehead atoms. The van der Waals surface area contributed by atoms with Crippen molar-refractivity contribution in [2.75, 3.05) is 0 Å². The highest BCUT2D eigenvalue weighted by Crippen LogP contribution is 2.20. The van der Waals surface area contributed by atoms with E-state index < -0.39 is 0 Å². The quantitative estimate of drug-likeness (QED) is 0.627. The molecule has 1 aliphatic carbocycles. The average molecular weight is 191 g/mol. The van der Waals surface area contributed by atoms with Crippen LogP contribution < -0.4 is 0 Å². The highest BCUT2D eigenvalue weighted by molar-refractivity contribution is 6.03. The Bertz CT molecular complexity index is 282. The van der Waals surface area contributed by atoms with Crippen LogP contribution in [0.4, 0.5) is 0 Å². The van der Waals surface area contributed by atoms with Crippen molar-refractivity contribution in [3.8, 4) is 0 Å². The molecular weight excluding hydrogens is 170 g/mol. The van der Waals surface area contributed by atoms with Crippen LogP contribution in [0.1, 0.15) is 47.0 Å². The summed E-state index contributed by atoms with van der Waals surface area (Å²) in [6.45, 7) is 8.67. The third-order valence-corrected chi connectivity index (χ3v) is 2.77. The lowest BCUT2D eigenvalue weighted by Gasteiger charge is -2.16. The minimum Gasteiger partial charge on any atom is -0.286 e. The van der Waals surface area contributed by atoms with E-state index in [1.54, 1.807) is 0 Å². The van der Waals surface area contributed by atoms with Gasteiger partial charge in [0.05, 0.1) is 0 Å². The van der Waals surface area contributed by atoms with Crippen molar-refractivity contribution in [1.82, 2.24) is 0 Å². The maximum Gasteiger partial charge on any atom is 0.0472 e. The molecule has 0 aromatic rings. The monoisotopic (exact) mass is 191 g/mol. The van der Waals surface area contributed by atoms with Gasteiger partial charge in [0.1, 0.15) is 0 Å². The Kier molecular flexibility index (Phi) is 4.12. The molecule has 0 fully saturated rings. The Morgan fingerprint density at radius 3 is 2.79 bits per heavy atom. The number of hydrogen-bond donors (Lipinski definition) is 0. The van der Waals surface area contributed by atoms with Crippen LogP contribution >= 0.6 is 0 Å². The van der Waals surface area contributed by atoms with Crippen molar-refractivity contribution >= 4 is 5.71 Å². The van der Waals surface area contributed by atoms with Gasteiger partial charge in [0.25, 0.3) is 0 Å². The number of nitrogens with zero attached hydrogens (tertiary/aromatic N) is 1. The first-order valence-corrected chi connectivity index (χ1v) is 5.57. The molecule has 1 aliphatic rings. The molecule has 78 valence electrons. The van der Waals surface area contributed by atoms with Crippen LogP contribution in [-0.4, -0.2) is 11.8 Å². The molecule has 0 saturated carbocycles. The minimum absolute atomic E-state index is 0.465. The molecule has 0 spiro atoms. The third kappa shape index (κ3) is 2.83. The first kappa shape index (κ1) is 11.2. The maximum atomic E-state index is 4.74. The van der Waals surface area contributed by atoms with Crippen molar-refractivity contribution < 1.29 is 0 Å². The Hall–Kier alpha value is -0.850. The molecular formula is C13H21N. The molecule has 1 unspecified atom stereocenters. The van der Waals surface area contributed by atoms with E-state index in [0.717, 1.165) is 12.8 Å². The summed E-state index contributed by atoms with van der Waals surface area (Å²) in [5.41, 5.74) is 4.10. The first-order chi connectivity index (χ1) is 6.67. The Morgan fingerprint density at radius 2 is 2.21 bits per heavy atom. The fourth-order valence-electron chi connectivity index (χ4n) is 1.63. The van der Waals surface area contributed by atoms with E-state index in [1.807, 2.05) is 0 Å². The summed E-state index contributed by atoms with van der Waals surface area (Å²) in [5.74, 6) is 0. The highest BCUT2D eigenvalue weighted by Gasteiger charge is 2.11. The van der Waals surface area contributed by atoms with Crippen LogP contribution in [0.2, 0.25) is 0 Å². The maximum absolute atomic E-state index is 4.74. The second-order valence-corrected chi connectivity index (χ2v) is 4.07. The molecule has 0 N–H and O–H groups in total. The van der Waals surface area contributed by atoms with Crippen LogP contribution in [0, 0.1) is 0 Å². The Morgan fingerprint density at radius 1 is 1.50 bits per heavy atom. The zero-order valence-electron chi connectivity index (χ0n) is 9.80. The Labute approximate surface area is 87.6 Å². The molecule has 0 heterocycles. The summed E-state index contributed by atoms with van der Waals surface area (Å²) in [4.78, 5) is 4.74. The van der Waals surface area contributed by atoms with Gasteiger partial charge in [-0.2, -0.15) is 0 Å². The van der Waals surface area contributed by atoms with Gasteiger partial charge in [-0.05, 0) is 45.6 Å². The van der Waals surface area contributed by atoms with Gasteiger partial charge in [-0.25, -0.2) is 0 Å². The van der Waals surface area contributed by atoms with Crippen LogP contribution in [0.25, 0.3) is 0 Å². The van der Waals surface area contributed by atoms with E-state index in [0.29, 0.717) is 6.04 Å². The van der Waals surface area contributed by atoms with E-state index in [1.165, 1.54) is 23.3 Å². The van der Waals surface area contributed by atoms with Crippen LogP contribution in [0.3, 0.4) is 0 Å². The van der Waals surface area contributed by atoms with E-state index >= 15 is 0 Å². The zero-order valence-corrected chi connectivity index (χ0v) is 9.80. The zero-order chi connectivity index (χ0) is 10.6. The number of allylic oxidation sites excluding steroid dienone is 4. The summed E-state index contributed by atoms with van der Waals surface area (Å²) < 4.78 is 0. The predicted molar refractivity (Wildman–Crippen MR) is 63.9 cm³/mol. The van der Waals surface area contributed by atoms with Gasteiger partial charge in [-0.1, -0.05) is 24.6 Å². The summed E-state index contributed by atoms with van der Waals surface area (Å²) >= 11 is 0. The van der Waals surface area contributed by atoms with E-state index in [-0.39, 0.29) is 0 Å². The van der Waals surface area contributed by atoms with Gasteiger partial charge in [0, 0.05) is 11.8 Å². The van der Waals surface area contributed by atoms with Crippen molar-refractivity contribution in [1.29, 1.82) is 0 Å².